The Morgan fingerprint density at radius 1 is 1.20 bits per heavy atom. The van der Waals surface area contributed by atoms with Gasteiger partial charge >= 0.3 is 12.0 Å². The highest BCUT2D eigenvalue weighted by Gasteiger charge is 2.35. The SMILES string of the molecule is CCCC(=NOCC)C1=C(OC(=O)C(C)(C)C)CC(c2cnc(OC)nc2)CC1=O. The maximum absolute atomic E-state index is 13.2. The standard InChI is InChI=1S/C22H31N3O5/c1-7-9-16(25-29-8-2)19-17(26)10-14(15-12-23-21(28-6)24-13-15)11-18(19)30-20(27)22(3,4)5/h12-14H,7-11H2,1-6H3. The molecule has 8 heteroatoms. The fourth-order valence-electron chi connectivity index (χ4n) is 3.03. The highest BCUT2D eigenvalue weighted by molar-refractivity contribution is 6.23. The molecule has 2 rings (SSSR count). The number of hydrogen-bond donors (Lipinski definition) is 0. The number of ketones is 1. The molecule has 164 valence electrons. The molecule has 1 atom stereocenters. The van der Waals surface area contributed by atoms with Gasteiger partial charge < -0.3 is 14.3 Å². The average Bonchev–Trinajstić information content (AvgIpc) is 2.70. The minimum atomic E-state index is -0.709. The molecule has 0 fully saturated rings. The van der Waals surface area contributed by atoms with Gasteiger partial charge in [0.2, 0.25) is 0 Å². The predicted molar refractivity (Wildman–Crippen MR) is 112 cm³/mol. The molecule has 0 spiro atoms. The van der Waals surface area contributed by atoms with Gasteiger partial charge in [0.1, 0.15) is 12.4 Å². The lowest BCUT2D eigenvalue weighted by atomic mass is 9.81. The summed E-state index contributed by atoms with van der Waals surface area (Å²) in [6.45, 7) is 9.53. The lowest BCUT2D eigenvalue weighted by Gasteiger charge is -2.28. The van der Waals surface area contributed by atoms with Crippen molar-refractivity contribution >= 4 is 17.5 Å². The summed E-state index contributed by atoms with van der Waals surface area (Å²) in [7, 11) is 1.49. The van der Waals surface area contributed by atoms with Gasteiger partial charge in [-0.15, -0.1) is 0 Å². The minimum Gasteiger partial charge on any atom is -0.467 e. The van der Waals surface area contributed by atoms with Gasteiger partial charge in [-0.3, -0.25) is 9.59 Å². The molecule has 0 amide bonds. The summed E-state index contributed by atoms with van der Waals surface area (Å²) in [5.41, 5.74) is 0.949. The van der Waals surface area contributed by atoms with E-state index in [1.807, 2.05) is 13.8 Å². The second-order valence-corrected chi connectivity index (χ2v) is 8.17. The first-order valence-electron chi connectivity index (χ1n) is 10.2. The van der Waals surface area contributed by atoms with Gasteiger partial charge in [0.15, 0.2) is 5.78 Å². The summed E-state index contributed by atoms with van der Waals surface area (Å²) < 4.78 is 10.8. The number of Topliss-reactive ketones (excluding diaryl/α,β-unsaturated/α-hetero) is 1. The lowest BCUT2D eigenvalue weighted by Crippen LogP contribution is -2.29. The lowest BCUT2D eigenvalue weighted by molar-refractivity contribution is -0.149. The third-order valence-electron chi connectivity index (χ3n) is 4.63. The molecule has 1 aliphatic carbocycles. The zero-order valence-corrected chi connectivity index (χ0v) is 18.7. The molecule has 30 heavy (non-hydrogen) atoms. The fraction of sp³-hybridized carbons (Fsp3) is 0.591. The van der Waals surface area contributed by atoms with Crippen molar-refractivity contribution in [3.63, 3.8) is 0 Å². The van der Waals surface area contributed by atoms with Gasteiger partial charge in [-0.25, -0.2) is 9.97 Å². The maximum atomic E-state index is 13.2. The van der Waals surface area contributed by atoms with Crippen molar-refractivity contribution in [3.05, 3.63) is 29.3 Å². The summed E-state index contributed by atoms with van der Waals surface area (Å²) in [5, 5.41) is 4.15. The Bertz CT molecular complexity index is 822. The molecule has 1 unspecified atom stereocenters. The van der Waals surface area contributed by atoms with Crippen molar-refractivity contribution in [1.82, 2.24) is 9.97 Å². The Morgan fingerprint density at radius 3 is 2.40 bits per heavy atom. The van der Waals surface area contributed by atoms with Gasteiger partial charge in [-0.1, -0.05) is 18.5 Å². The van der Waals surface area contributed by atoms with E-state index in [0.717, 1.165) is 12.0 Å². The molecular formula is C22H31N3O5. The van der Waals surface area contributed by atoms with Gasteiger partial charge in [0.05, 0.1) is 23.8 Å². The number of esters is 1. The quantitative estimate of drug-likeness (QED) is 0.358. The van der Waals surface area contributed by atoms with Crippen LogP contribution in [0.5, 0.6) is 6.01 Å². The van der Waals surface area contributed by atoms with Crippen LogP contribution in [0.25, 0.3) is 0 Å². The first-order chi connectivity index (χ1) is 14.2. The van der Waals surface area contributed by atoms with Crippen molar-refractivity contribution in [2.24, 2.45) is 10.6 Å². The van der Waals surface area contributed by atoms with Crippen molar-refractivity contribution < 1.29 is 23.9 Å². The van der Waals surface area contributed by atoms with E-state index in [9.17, 15) is 9.59 Å². The molecule has 0 bridgehead atoms. The predicted octanol–water partition coefficient (Wildman–Crippen LogP) is 3.97. The van der Waals surface area contributed by atoms with Gasteiger partial charge in [0.25, 0.3) is 0 Å². The first-order valence-corrected chi connectivity index (χ1v) is 10.2. The van der Waals surface area contributed by atoms with Crippen LogP contribution in [0.3, 0.4) is 0 Å². The fourth-order valence-corrected chi connectivity index (χ4v) is 3.03. The summed E-state index contributed by atoms with van der Waals surface area (Å²) in [6, 6.07) is 0.255. The molecule has 1 heterocycles. The number of carbonyl (C=O) groups is 2. The molecule has 0 saturated heterocycles. The topological polar surface area (TPSA) is 100.0 Å². The van der Waals surface area contributed by atoms with Crippen molar-refractivity contribution in [2.45, 2.75) is 66.2 Å². The molecule has 0 aliphatic heterocycles. The smallest absolute Gasteiger partial charge is 0.316 e. The maximum Gasteiger partial charge on any atom is 0.316 e. The molecule has 1 aromatic heterocycles. The summed E-state index contributed by atoms with van der Waals surface area (Å²) in [5.74, 6) is -0.406. The first kappa shape index (κ1) is 23.5. The number of allylic oxidation sites excluding steroid dienone is 2. The van der Waals surface area contributed by atoms with Crippen LogP contribution in [0.15, 0.2) is 28.9 Å². The van der Waals surface area contributed by atoms with E-state index in [4.69, 9.17) is 14.3 Å². The molecule has 0 radical (unpaired) electrons. The monoisotopic (exact) mass is 417 g/mol. The summed E-state index contributed by atoms with van der Waals surface area (Å²) >= 11 is 0. The Kier molecular flexibility index (Phi) is 8.08. The molecule has 0 N–H and O–H groups in total. The second kappa shape index (κ2) is 10.3. The number of oxime groups is 1. The summed E-state index contributed by atoms with van der Waals surface area (Å²) in [6.07, 6.45) is 5.22. The third kappa shape index (κ3) is 5.87. The van der Waals surface area contributed by atoms with Gasteiger partial charge in [0, 0.05) is 31.2 Å². The van der Waals surface area contributed by atoms with Crippen molar-refractivity contribution in [1.29, 1.82) is 0 Å². The number of methoxy groups -OCH3 is 1. The Labute approximate surface area is 177 Å². The molecular weight excluding hydrogens is 386 g/mol. The number of hydrogen-bond acceptors (Lipinski definition) is 8. The van der Waals surface area contributed by atoms with E-state index >= 15 is 0 Å². The number of carbonyl (C=O) groups excluding carboxylic acids is 2. The zero-order valence-electron chi connectivity index (χ0n) is 18.7. The van der Waals surface area contributed by atoms with E-state index in [2.05, 4.69) is 15.1 Å². The average molecular weight is 418 g/mol. The van der Waals surface area contributed by atoms with Crippen LogP contribution >= 0.6 is 0 Å². The van der Waals surface area contributed by atoms with E-state index in [-0.39, 0.29) is 24.1 Å². The largest absolute Gasteiger partial charge is 0.467 e. The molecule has 1 aliphatic rings. The van der Waals surface area contributed by atoms with E-state index < -0.39 is 11.4 Å². The van der Waals surface area contributed by atoms with Gasteiger partial charge in [-0.2, -0.15) is 0 Å². The van der Waals surface area contributed by atoms with E-state index in [0.29, 0.717) is 36.5 Å². The zero-order chi connectivity index (χ0) is 22.3. The second-order valence-electron chi connectivity index (χ2n) is 8.17. The van der Waals surface area contributed by atoms with Crippen molar-refractivity contribution in [2.75, 3.05) is 13.7 Å². The minimum absolute atomic E-state index is 0.134. The highest BCUT2D eigenvalue weighted by Crippen LogP contribution is 2.37. The Hall–Kier alpha value is -2.77. The molecule has 8 nitrogen and oxygen atoms in total. The normalized spacial score (nSPS) is 17.7. The number of rotatable bonds is 8. The van der Waals surface area contributed by atoms with Crippen LogP contribution in [-0.2, 0) is 19.2 Å². The molecule has 0 aromatic carbocycles. The van der Waals surface area contributed by atoms with Crippen molar-refractivity contribution in [3.8, 4) is 6.01 Å². The van der Waals surface area contributed by atoms with E-state index in [1.54, 1.807) is 33.2 Å². The van der Waals surface area contributed by atoms with Crippen LogP contribution < -0.4 is 4.74 Å². The van der Waals surface area contributed by atoms with Crippen LogP contribution in [-0.4, -0.2) is 41.1 Å². The van der Waals surface area contributed by atoms with Crippen LogP contribution in [0, 0.1) is 5.41 Å². The van der Waals surface area contributed by atoms with Gasteiger partial charge in [-0.05, 0) is 39.7 Å². The van der Waals surface area contributed by atoms with Crippen LogP contribution in [0.1, 0.15) is 71.8 Å². The Balaban J connectivity index is 2.47. The van der Waals surface area contributed by atoms with Crippen LogP contribution in [0.2, 0.25) is 0 Å². The molecule has 1 aromatic rings. The number of aromatic nitrogens is 2. The number of ether oxygens (including phenoxy) is 2. The Morgan fingerprint density at radius 2 is 1.87 bits per heavy atom. The van der Waals surface area contributed by atoms with Crippen LogP contribution in [0.4, 0.5) is 0 Å². The van der Waals surface area contributed by atoms with E-state index in [1.165, 1.54) is 7.11 Å². The highest BCUT2D eigenvalue weighted by atomic mass is 16.6. The molecule has 0 saturated carbocycles. The third-order valence-corrected chi connectivity index (χ3v) is 4.63. The number of nitrogens with zero attached hydrogens (tertiary/aromatic N) is 3. The summed E-state index contributed by atoms with van der Waals surface area (Å²) in [4.78, 5) is 39.3.